The van der Waals surface area contributed by atoms with Gasteiger partial charge in [0, 0.05) is 0 Å². The van der Waals surface area contributed by atoms with Gasteiger partial charge in [-0.05, 0) is 18.9 Å². The van der Waals surface area contributed by atoms with E-state index in [9.17, 15) is 9.90 Å². The standard InChI is InChI=1S/C18H32O4/c1-2-3-4-5-6-7-8-9-10-11-12-13-14-15-16(19)17(20)18(21)22/h14-15,19-20H,2-13H2,1H3,(H,21,22)/b15-14+,17-16+. The van der Waals surface area contributed by atoms with E-state index in [0.29, 0.717) is 0 Å². The number of rotatable bonds is 14. The minimum atomic E-state index is -1.52. The van der Waals surface area contributed by atoms with Crippen molar-refractivity contribution in [1.29, 1.82) is 0 Å². The first-order valence-electron chi connectivity index (χ1n) is 8.61. The second-order valence-electron chi connectivity index (χ2n) is 5.77. The molecule has 0 aromatic heterocycles. The van der Waals surface area contributed by atoms with E-state index < -0.39 is 17.5 Å². The van der Waals surface area contributed by atoms with Gasteiger partial charge in [0.05, 0.1) is 0 Å². The number of unbranched alkanes of at least 4 members (excludes halogenated alkanes) is 11. The topological polar surface area (TPSA) is 77.8 Å². The average Bonchev–Trinajstić information content (AvgIpc) is 2.50. The predicted octanol–water partition coefficient (Wildman–Crippen LogP) is 5.66. The van der Waals surface area contributed by atoms with E-state index in [1.54, 1.807) is 6.08 Å². The van der Waals surface area contributed by atoms with Crippen LogP contribution in [-0.2, 0) is 4.79 Å². The van der Waals surface area contributed by atoms with Crippen LogP contribution >= 0.6 is 0 Å². The average molecular weight is 312 g/mol. The van der Waals surface area contributed by atoms with Gasteiger partial charge in [-0.25, -0.2) is 4.79 Å². The zero-order valence-corrected chi connectivity index (χ0v) is 13.9. The molecule has 0 radical (unpaired) electrons. The third-order valence-corrected chi connectivity index (χ3v) is 3.70. The van der Waals surface area contributed by atoms with Gasteiger partial charge in [-0.15, -0.1) is 0 Å². The highest BCUT2D eigenvalue weighted by Gasteiger charge is 2.08. The minimum absolute atomic E-state index is 0.587. The van der Waals surface area contributed by atoms with Crippen LogP contribution in [0.2, 0.25) is 0 Å². The molecule has 0 bridgehead atoms. The Hall–Kier alpha value is -1.45. The molecule has 4 heteroatoms. The monoisotopic (exact) mass is 312 g/mol. The van der Waals surface area contributed by atoms with E-state index in [-0.39, 0.29) is 0 Å². The van der Waals surface area contributed by atoms with Crippen LogP contribution in [0.15, 0.2) is 23.7 Å². The molecule has 0 amide bonds. The molecule has 0 heterocycles. The highest BCUT2D eigenvalue weighted by atomic mass is 16.4. The maximum absolute atomic E-state index is 10.4. The summed E-state index contributed by atoms with van der Waals surface area (Å²) in [5.41, 5.74) is 0. The quantitative estimate of drug-likeness (QED) is 0.167. The summed E-state index contributed by atoms with van der Waals surface area (Å²) in [6, 6.07) is 0. The van der Waals surface area contributed by atoms with Crippen molar-refractivity contribution >= 4 is 5.97 Å². The number of aliphatic hydroxyl groups is 2. The lowest BCUT2D eigenvalue weighted by Gasteiger charge is -2.01. The van der Waals surface area contributed by atoms with Crippen molar-refractivity contribution in [3.63, 3.8) is 0 Å². The number of aliphatic carboxylic acids is 1. The molecule has 22 heavy (non-hydrogen) atoms. The van der Waals surface area contributed by atoms with Crippen molar-refractivity contribution in [3.8, 4) is 0 Å². The Morgan fingerprint density at radius 2 is 1.23 bits per heavy atom. The molecule has 0 aromatic carbocycles. The lowest BCUT2D eigenvalue weighted by molar-refractivity contribution is -0.135. The Balaban J connectivity index is 3.40. The molecule has 0 aliphatic rings. The van der Waals surface area contributed by atoms with Crippen molar-refractivity contribution < 1.29 is 20.1 Å². The van der Waals surface area contributed by atoms with E-state index in [1.165, 1.54) is 63.9 Å². The van der Waals surface area contributed by atoms with Crippen molar-refractivity contribution in [2.45, 2.75) is 84.0 Å². The fourth-order valence-corrected chi connectivity index (χ4v) is 2.31. The summed E-state index contributed by atoms with van der Waals surface area (Å²) in [5.74, 6) is -3.11. The second-order valence-corrected chi connectivity index (χ2v) is 5.77. The molecule has 0 atom stereocenters. The largest absolute Gasteiger partial charge is 0.504 e. The molecule has 0 aliphatic heterocycles. The third kappa shape index (κ3) is 12.3. The van der Waals surface area contributed by atoms with Crippen LogP contribution in [0, 0.1) is 0 Å². The van der Waals surface area contributed by atoms with E-state index in [4.69, 9.17) is 10.2 Å². The van der Waals surface area contributed by atoms with Gasteiger partial charge in [-0.3, -0.25) is 0 Å². The summed E-state index contributed by atoms with van der Waals surface area (Å²) in [4.78, 5) is 10.4. The Bertz CT molecular complexity index is 345. The first kappa shape index (κ1) is 20.6. The van der Waals surface area contributed by atoms with Gasteiger partial charge in [-0.1, -0.05) is 77.2 Å². The van der Waals surface area contributed by atoms with Crippen LogP contribution < -0.4 is 0 Å². The smallest absolute Gasteiger partial charge is 0.374 e. The van der Waals surface area contributed by atoms with Gasteiger partial charge in [0.2, 0.25) is 5.76 Å². The molecule has 0 rings (SSSR count). The highest BCUT2D eigenvalue weighted by molar-refractivity contribution is 5.84. The lowest BCUT2D eigenvalue weighted by Crippen LogP contribution is -2.02. The fourth-order valence-electron chi connectivity index (χ4n) is 2.31. The molecule has 0 fully saturated rings. The van der Waals surface area contributed by atoms with Crippen LogP contribution in [0.25, 0.3) is 0 Å². The zero-order valence-electron chi connectivity index (χ0n) is 13.9. The lowest BCUT2D eigenvalue weighted by atomic mass is 10.1. The van der Waals surface area contributed by atoms with Crippen LogP contribution in [0.4, 0.5) is 0 Å². The van der Waals surface area contributed by atoms with Crippen LogP contribution in [-0.4, -0.2) is 21.3 Å². The maximum atomic E-state index is 10.4. The van der Waals surface area contributed by atoms with E-state index in [2.05, 4.69) is 6.92 Å². The van der Waals surface area contributed by atoms with Gasteiger partial charge < -0.3 is 15.3 Å². The Morgan fingerprint density at radius 1 is 0.773 bits per heavy atom. The van der Waals surface area contributed by atoms with Gasteiger partial charge in [-0.2, -0.15) is 0 Å². The Morgan fingerprint density at radius 3 is 1.68 bits per heavy atom. The SMILES string of the molecule is CCCCCCCCCCCCC/C=C/C(O)=C(\O)C(=O)O. The van der Waals surface area contributed by atoms with E-state index >= 15 is 0 Å². The summed E-state index contributed by atoms with van der Waals surface area (Å²) in [7, 11) is 0. The molecule has 4 nitrogen and oxygen atoms in total. The first-order valence-corrected chi connectivity index (χ1v) is 8.61. The van der Waals surface area contributed by atoms with E-state index in [0.717, 1.165) is 19.3 Å². The minimum Gasteiger partial charge on any atom is -0.504 e. The normalized spacial score (nSPS) is 12.6. The van der Waals surface area contributed by atoms with Gasteiger partial charge in [0.25, 0.3) is 0 Å². The number of carboxylic acid groups (broad SMARTS) is 1. The number of carbonyl (C=O) groups is 1. The van der Waals surface area contributed by atoms with Gasteiger partial charge >= 0.3 is 5.97 Å². The van der Waals surface area contributed by atoms with Crippen molar-refractivity contribution in [2.75, 3.05) is 0 Å². The molecule has 3 N–H and O–H groups in total. The van der Waals surface area contributed by atoms with Gasteiger partial charge in [0.15, 0.2) is 5.76 Å². The number of allylic oxidation sites excluding steroid dienone is 2. The van der Waals surface area contributed by atoms with Crippen LogP contribution in [0.3, 0.4) is 0 Å². The molecular weight excluding hydrogens is 280 g/mol. The molecule has 0 saturated carbocycles. The zero-order chi connectivity index (χ0) is 16.6. The molecule has 0 spiro atoms. The summed E-state index contributed by atoms with van der Waals surface area (Å²) in [6.07, 6.45) is 17.9. The number of hydrogen-bond donors (Lipinski definition) is 3. The van der Waals surface area contributed by atoms with Crippen molar-refractivity contribution in [1.82, 2.24) is 0 Å². The summed E-state index contributed by atoms with van der Waals surface area (Å²) < 4.78 is 0. The summed E-state index contributed by atoms with van der Waals surface area (Å²) in [5, 5.41) is 26.6. The number of hydrogen-bond acceptors (Lipinski definition) is 3. The van der Waals surface area contributed by atoms with Crippen LogP contribution in [0.1, 0.15) is 84.0 Å². The molecule has 0 unspecified atom stereocenters. The van der Waals surface area contributed by atoms with Crippen molar-refractivity contribution in [3.05, 3.63) is 23.7 Å². The Labute approximate surface area is 134 Å². The molecule has 0 aromatic rings. The maximum Gasteiger partial charge on any atom is 0.374 e. The van der Waals surface area contributed by atoms with Crippen molar-refractivity contribution in [2.24, 2.45) is 0 Å². The number of aliphatic hydroxyl groups excluding tert-OH is 2. The summed E-state index contributed by atoms with van der Waals surface area (Å²) >= 11 is 0. The van der Waals surface area contributed by atoms with Gasteiger partial charge in [0.1, 0.15) is 0 Å². The highest BCUT2D eigenvalue weighted by Crippen LogP contribution is 2.12. The fraction of sp³-hybridized carbons (Fsp3) is 0.722. The number of carboxylic acids is 1. The van der Waals surface area contributed by atoms with Crippen LogP contribution in [0.5, 0.6) is 0 Å². The second kappa shape index (κ2) is 14.5. The third-order valence-electron chi connectivity index (χ3n) is 3.70. The first-order chi connectivity index (χ1) is 10.6. The molecule has 128 valence electrons. The predicted molar refractivity (Wildman–Crippen MR) is 90.1 cm³/mol. The Kier molecular flexibility index (Phi) is 13.5. The van der Waals surface area contributed by atoms with E-state index in [1.807, 2.05) is 0 Å². The molecular formula is C18H32O4. The molecule has 0 saturated heterocycles. The summed E-state index contributed by atoms with van der Waals surface area (Å²) in [6.45, 7) is 2.24. The molecule has 0 aliphatic carbocycles.